The van der Waals surface area contributed by atoms with Crippen LogP contribution in [0, 0.1) is 5.41 Å². The van der Waals surface area contributed by atoms with E-state index in [9.17, 15) is 9.59 Å². The summed E-state index contributed by atoms with van der Waals surface area (Å²) in [5.41, 5.74) is 9.95. The predicted molar refractivity (Wildman–Crippen MR) is 70.4 cm³/mol. The molecule has 19 heavy (non-hydrogen) atoms. The Morgan fingerprint density at radius 3 is 2.37 bits per heavy atom. The molecule has 0 radical (unpaired) electrons. The molecule has 5 N–H and O–H groups in total. The van der Waals surface area contributed by atoms with Crippen molar-refractivity contribution in [2.24, 2.45) is 22.0 Å². The van der Waals surface area contributed by atoms with E-state index in [0.29, 0.717) is 25.8 Å². The maximum Gasteiger partial charge on any atom is 0.240 e. The van der Waals surface area contributed by atoms with Crippen LogP contribution in [0.5, 0.6) is 0 Å². The average Bonchev–Trinajstić information content (AvgIpc) is 2.89. The third-order valence-electron chi connectivity index (χ3n) is 4.06. The van der Waals surface area contributed by atoms with Gasteiger partial charge in [0.25, 0.3) is 0 Å². The molecule has 1 saturated heterocycles. The molecule has 2 amide bonds. The minimum Gasteiger partial charge on any atom is -0.409 e. The van der Waals surface area contributed by atoms with E-state index in [1.807, 2.05) is 0 Å². The van der Waals surface area contributed by atoms with Crippen LogP contribution in [0.25, 0.3) is 0 Å². The Morgan fingerprint density at radius 1 is 1.37 bits per heavy atom. The summed E-state index contributed by atoms with van der Waals surface area (Å²) in [7, 11) is 0. The first-order chi connectivity index (χ1) is 8.94. The van der Waals surface area contributed by atoms with Crippen molar-refractivity contribution in [1.29, 1.82) is 0 Å². The summed E-state index contributed by atoms with van der Waals surface area (Å²) in [6.45, 7) is 4.08. The molecule has 0 aromatic heterocycles. The molecule has 1 rings (SSSR count). The number of nitrogens with zero attached hydrogens (tertiary/aromatic N) is 2. The number of likely N-dealkylation sites (tertiary alicyclic amines) is 1. The van der Waals surface area contributed by atoms with Gasteiger partial charge in [-0.05, 0) is 25.7 Å². The number of amidine groups is 1. The van der Waals surface area contributed by atoms with Crippen LogP contribution in [0.1, 0.15) is 39.5 Å². The lowest BCUT2D eigenvalue weighted by Crippen LogP contribution is -2.54. The molecule has 108 valence electrons. The van der Waals surface area contributed by atoms with Gasteiger partial charge in [-0.15, -0.1) is 0 Å². The fourth-order valence-corrected chi connectivity index (χ4v) is 2.70. The van der Waals surface area contributed by atoms with Crippen LogP contribution in [0.3, 0.4) is 0 Å². The maximum atomic E-state index is 12.7. The molecule has 1 fully saturated rings. The third kappa shape index (κ3) is 2.50. The number of oxime groups is 1. The van der Waals surface area contributed by atoms with Crippen molar-refractivity contribution in [2.75, 3.05) is 6.54 Å². The molecule has 0 bridgehead atoms. The van der Waals surface area contributed by atoms with Gasteiger partial charge in [0, 0.05) is 6.54 Å². The summed E-state index contributed by atoms with van der Waals surface area (Å²) >= 11 is 0. The summed E-state index contributed by atoms with van der Waals surface area (Å²) in [6.07, 6.45) is 2.11. The standard InChI is InChI=1S/C12H22N4O3/c1-3-12(4-2,10(14)15-19)11(18)16-7-5-6-8(16)9(13)17/h8,19H,3-7H2,1-2H3,(H2,13,17)(H2,14,15). The molecule has 1 atom stereocenters. The molecule has 0 spiro atoms. The second kappa shape index (κ2) is 5.90. The normalized spacial score (nSPS) is 20.6. The summed E-state index contributed by atoms with van der Waals surface area (Å²) in [5, 5.41) is 11.9. The summed E-state index contributed by atoms with van der Waals surface area (Å²) in [4.78, 5) is 25.5. The second-order valence-corrected chi connectivity index (χ2v) is 4.83. The largest absolute Gasteiger partial charge is 0.409 e. The van der Waals surface area contributed by atoms with Gasteiger partial charge < -0.3 is 21.6 Å². The Labute approximate surface area is 112 Å². The van der Waals surface area contributed by atoms with Crippen molar-refractivity contribution in [3.8, 4) is 0 Å². The fraction of sp³-hybridized carbons (Fsp3) is 0.750. The van der Waals surface area contributed by atoms with Crippen LogP contribution < -0.4 is 11.5 Å². The minimum atomic E-state index is -1.06. The zero-order valence-electron chi connectivity index (χ0n) is 11.4. The first-order valence-electron chi connectivity index (χ1n) is 6.53. The van der Waals surface area contributed by atoms with Crippen LogP contribution in [0.2, 0.25) is 0 Å². The van der Waals surface area contributed by atoms with E-state index in [0.717, 1.165) is 6.42 Å². The van der Waals surface area contributed by atoms with Crippen molar-refractivity contribution >= 4 is 17.6 Å². The number of rotatable bonds is 5. The minimum absolute atomic E-state index is 0.113. The van der Waals surface area contributed by atoms with Crippen molar-refractivity contribution in [1.82, 2.24) is 4.90 Å². The van der Waals surface area contributed by atoms with Gasteiger partial charge >= 0.3 is 0 Å². The Morgan fingerprint density at radius 2 is 1.95 bits per heavy atom. The average molecular weight is 270 g/mol. The highest BCUT2D eigenvalue weighted by atomic mass is 16.4. The molecular formula is C12H22N4O3. The van der Waals surface area contributed by atoms with E-state index in [2.05, 4.69) is 5.16 Å². The first kappa shape index (κ1) is 15.3. The van der Waals surface area contributed by atoms with Gasteiger partial charge in [0.1, 0.15) is 11.5 Å². The van der Waals surface area contributed by atoms with Crippen LogP contribution in [0.15, 0.2) is 5.16 Å². The number of amides is 2. The molecule has 1 unspecified atom stereocenters. The van der Waals surface area contributed by atoms with Crippen LogP contribution in [-0.2, 0) is 9.59 Å². The van der Waals surface area contributed by atoms with Crippen LogP contribution in [-0.4, -0.2) is 40.3 Å². The monoisotopic (exact) mass is 270 g/mol. The topological polar surface area (TPSA) is 122 Å². The Hall–Kier alpha value is -1.79. The van der Waals surface area contributed by atoms with Gasteiger partial charge in [-0.1, -0.05) is 19.0 Å². The van der Waals surface area contributed by atoms with Gasteiger partial charge in [-0.2, -0.15) is 0 Å². The van der Waals surface area contributed by atoms with E-state index >= 15 is 0 Å². The molecule has 0 aromatic carbocycles. The number of carbonyl (C=O) groups is 2. The quantitative estimate of drug-likeness (QED) is 0.282. The van der Waals surface area contributed by atoms with Crippen molar-refractivity contribution in [3.63, 3.8) is 0 Å². The first-order valence-corrected chi connectivity index (χ1v) is 6.53. The van der Waals surface area contributed by atoms with Gasteiger partial charge in [0.2, 0.25) is 11.8 Å². The molecule has 1 heterocycles. The second-order valence-electron chi connectivity index (χ2n) is 4.83. The Balaban J connectivity index is 3.10. The van der Waals surface area contributed by atoms with Crippen LogP contribution in [0.4, 0.5) is 0 Å². The van der Waals surface area contributed by atoms with Crippen molar-refractivity contribution in [3.05, 3.63) is 0 Å². The molecule has 7 nitrogen and oxygen atoms in total. The zero-order chi connectivity index (χ0) is 14.6. The van der Waals surface area contributed by atoms with E-state index in [1.54, 1.807) is 13.8 Å². The van der Waals surface area contributed by atoms with Crippen molar-refractivity contribution < 1.29 is 14.8 Å². The number of nitrogens with two attached hydrogens (primary N) is 2. The van der Waals surface area contributed by atoms with E-state index in [4.69, 9.17) is 16.7 Å². The predicted octanol–water partition coefficient (Wildman–Crippen LogP) is 0.0155. The zero-order valence-corrected chi connectivity index (χ0v) is 11.4. The highest BCUT2D eigenvalue weighted by Gasteiger charge is 2.46. The van der Waals surface area contributed by atoms with E-state index in [1.165, 1.54) is 4.90 Å². The molecule has 7 heteroatoms. The molecular weight excluding hydrogens is 248 g/mol. The Bertz CT molecular complexity index is 390. The van der Waals surface area contributed by atoms with Gasteiger partial charge in [-0.3, -0.25) is 9.59 Å². The number of carbonyl (C=O) groups excluding carboxylic acids is 2. The van der Waals surface area contributed by atoms with Crippen molar-refractivity contribution in [2.45, 2.75) is 45.6 Å². The summed E-state index contributed by atoms with van der Waals surface area (Å²) in [6, 6.07) is -0.587. The van der Waals surface area contributed by atoms with Crippen LogP contribution >= 0.6 is 0 Å². The number of hydrogen-bond acceptors (Lipinski definition) is 4. The fourth-order valence-electron chi connectivity index (χ4n) is 2.70. The highest BCUT2D eigenvalue weighted by molar-refractivity contribution is 6.07. The highest BCUT2D eigenvalue weighted by Crippen LogP contribution is 2.32. The number of primary amides is 1. The number of hydrogen-bond donors (Lipinski definition) is 3. The summed E-state index contributed by atoms with van der Waals surface area (Å²) < 4.78 is 0. The molecule has 1 aliphatic heterocycles. The van der Waals surface area contributed by atoms with Gasteiger partial charge in [-0.25, -0.2) is 0 Å². The Kier molecular flexibility index (Phi) is 4.74. The van der Waals surface area contributed by atoms with Gasteiger partial charge in [0.15, 0.2) is 5.84 Å². The molecule has 0 aliphatic carbocycles. The SMILES string of the molecule is CCC(CC)(C(=O)N1CCCC1C(N)=O)C(N)=NO. The van der Waals surface area contributed by atoms with E-state index < -0.39 is 17.4 Å². The maximum absolute atomic E-state index is 12.7. The molecule has 0 saturated carbocycles. The van der Waals surface area contributed by atoms with Gasteiger partial charge in [0.05, 0.1) is 0 Å². The lowest BCUT2D eigenvalue weighted by molar-refractivity contribution is -0.143. The van der Waals surface area contributed by atoms with E-state index in [-0.39, 0.29) is 11.7 Å². The smallest absolute Gasteiger partial charge is 0.240 e. The molecule has 1 aliphatic rings. The lowest BCUT2D eigenvalue weighted by atomic mass is 9.79. The summed E-state index contributed by atoms with van der Waals surface area (Å²) in [5.74, 6) is -0.904. The molecule has 0 aromatic rings. The lowest BCUT2D eigenvalue weighted by Gasteiger charge is -2.35. The third-order valence-corrected chi connectivity index (χ3v) is 4.06.